The Balaban J connectivity index is 1.76. The van der Waals surface area contributed by atoms with Crippen molar-refractivity contribution in [2.45, 2.75) is 6.10 Å². The van der Waals surface area contributed by atoms with Crippen molar-refractivity contribution in [1.29, 1.82) is 0 Å². The molecule has 64 valence electrons. The van der Waals surface area contributed by atoms with Gasteiger partial charge in [0.15, 0.2) is 0 Å². The summed E-state index contributed by atoms with van der Waals surface area (Å²) in [4.78, 5) is 0. The van der Waals surface area contributed by atoms with Gasteiger partial charge in [-0.05, 0) is 20.7 Å². The van der Waals surface area contributed by atoms with Crippen LogP contribution in [0.3, 0.4) is 0 Å². The fourth-order valence-electron chi connectivity index (χ4n) is 0.534. The monoisotopic (exact) mass is 212 g/mol. The molecule has 1 aliphatic heterocycles. The van der Waals surface area contributed by atoms with Crippen molar-refractivity contribution in [1.82, 2.24) is 0 Å². The van der Waals surface area contributed by atoms with Gasteiger partial charge in [0, 0.05) is 0 Å². The molecule has 1 unspecified atom stereocenters. The maximum absolute atomic E-state index is 5.21. The van der Waals surface area contributed by atoms with E-state index in [1.165, 1.54) is 9.50 Å². The summed E-state index contributed by atoms with van der Waals surface area (Å²) >= 11 is 4.60. The van der Waals surface area contributed by atoms with Crippen molar-refractivity contribution >= 4 is 28.3 Å². The predicted octanol–water partition coefficient (Wildman–Crippen LogP) is 0.739. The quantitative estimate of drug-likeness (QED) is 0.369. The maximum Gasteiger partial charge on any atom is 0.137 e. The van der Waals surface area contributed by atoms with Gasteiger partial charge < -0.3 is 14.0 Å². The molecule has 1 aliphatic rings. The van der Waals surface area contributed by atoms with E-state index in [-0.39, 0.29) is 0 Å². The average Bonchev–Trinajstić information content (AvgIpc) is 2.80. The summed E-state index contributed by atoms with van der Waals surface area (Å²) in [6, 6.07) is 0. The predicted molar refractivity (Wildman–Crippen MR) is 48.2 cm³/mol. The molecule has 6 heteroatoms. The number of epoxide rings is 1. The van der Waals surface area contributed by atoms with E-state index in [9.17, 15) is 0 Å². The summed E-state index contributed by atoms with van der Waals surface area (Å²) in [7, 11) is 2.01. The topological polar surface area (TPSA) is 31.0 Å². The Kier molecular flexibility index (Phi) is 5.45. The highest BCUT2D eigenvalue weighted by atomic mass is 32.9. The van der Waals surface area contributed by atoms with Crippen molar-refractivity contribution in [2.24, 2.45) is 0 Å². The normalized spacial score (nSPS) is 22.0. The molecule has 1 atom stereocenters. The summed E-state index contributed by atoms with van der Waals surface area (Å²) in [6.45, 7) is 2.78. The zero-order valence-electron chi connectivity index (χ0n) is 5.89. The number of ether oxygens (including phenoxy) is 2. The van der Waals surface area contributed by atoms with Crippen LogP contribution in [0.1, 0.15) is 0 Å². The van der Waals surface area contributed by atoms with Crippen LogP contribution in [0.2, 0.25) is 0 Å². The lowest BCUT2D eigenvalue weighted by Crippen LogP contribution is -2.05. The van der Waals surface area contributed by atoms with Crippen molar-refractivity contribution in [2.75, 3.05) is 26.4 Å². The molecule has 1 heterocycles. The first kappa shape index (κ1) is 9.71. The molecule has 0 saturated carbocycles. The zero-order chi connectivity index (χ0) is 7.94. The molecule has 1 saturated heterocycles. The van der Waals surface area contributed by atoms with Gasteiger partial charge >= 0.3 is 0 Å². The van der Waals surface area contributed by atoms with Crippen LogP contribution in [0, 0.1) is 0 Å². The lowest BCUT2D eigenvalue weighted by molar-refractivity contribution is 0.0930. The summed E-state index contributed by atoms with van der Waals surface area (Å²) in [5.41, 5.74) is 0. The zero-order valence-corrected chi connectivity index (χ0v) is 8.42. The lowest BCUT2D eigenvalue weighted by atomic mass is 10.5. The molecule has 0 aromatic carbocycles. The Bertz CT molecular complexity index is 156. The minimum absolute atomic E-state index is 0.348. The first-order valence-corrected chi connectivity index (χ1v) is 6.40. The third-order valence-corrected chi connectivity index (χ3v) is 2.50. The van der Waals surface area contributed by atoms with Crippen LogP contribution in [0.15, 0.2) is 0 Å². The van der Waals surface area contributed by atoms with E-state index in [0.29, 0.717) is 25.9 Å². The van der Waals surface area contributed by atoms with Crippen molar-refractivity contribution in [3.63, 3.8) is 0 Å². The van der Waals surface area contributed by atoms with E-state index in [1.54, 1.807) is 0 Å². The second kappa shape index (κ2) is 6.17. The summed E-state index contributed by atoms with van der Waals surface area (Å²) in [6.07, 6.45) is 0.348. The molecule has 0 spiro atoms. The highest BCUT2D eigenvalue weighted by molar-refractivity contribution is 8.30. The lowest BCUT2D eigenvalue weighted by Gasteiger charge is -1.98. The first-order chi connectivity index (χ1) is 5.43. The summed E-state index contributed by atoms with van der Waals surface area (Å²) in [5, 5.41) is 0. The van der Waals surface area contributed by atoms with E-state index in [4.69, 9.17) is 14.0 Å². The van der Waals surface area contributed by atoms with Gasteiger partial charge in [0.05, 0.1) is 26.4 Å². The fraction of sp³-hybridized carbons (Fsp3) is 1.00. The molecule has 0 amide bonds. The minimum Gasteiger partial charge on any atom is -0.376 e. The highest BCUT2D eigenvalue weighted by Gasteiger charge is 2.21. The Hall–Kier alpha value is 0.620. The van der Waals surface area contributed by atoms with Crippen LogP contribution in [-0.2, 0) is 34.7 Å². The highest BCUT2D eigenvalue weighted by Crippen LogP contribution is 2.08. The molecule has 3 nitrogen and oxygen atoms in total. The van der Waals surface area contributed by atoms with Gasteiger partial charge in [-0.3, -0.25) is 0 Å². The Morgan fingerprint density at radius 1 is 1.64 bits per heavy atom. The van der Waals surface area contributed by atoms with Gasteiger partial charge in [0.25, 0.3) is 0 Å². The van der Waals surface area contributed by atoms with Crippen LogP contribution in [0.4, 0.5) is 0 Å². The van der Waals surface area contributed by atoms with Gasteiger partial charge in [-0.2, -0.15) is 0 Å². The Morgan fingerprint density at radius 3 is 3.09 bits per heavy atom. The van der Waals surface area contributed by atoms with Gasteiger partial charge in [-0.25, -0.2) is 0 Å². The van der Waals surface area contributed by atoms with Crippen LogP contribution < -0.4 is 0 Å². The molecule has 0 aromatic rings. The second-order valence-corrected chi connectivity index (χ2v) is 4.80. The van der Waals surface area contributed by atoms with Gasteiger partial charge in [0.1, 0.15) is 13.7 Å². The smallest absolute Gasteiger partial charge is 0.137 e. The molecule has 0 N–H and O–H groups in total. The van der Waals surface area contributed by atoms with E-state index in [0.717, 1.165) is 14.2 Å². The Labute approximate surface area is 75.1 Å². The molecule has 0 aromatic heterocycles. The summed E-state index contributed by atoms with van der Waals surface area (Å²) in [5.74, 6) is 0. The molecule has 1 fully saturated rings. The van der Waals surface area contributed by atoms with E-state index in [2.05, 4.69) is 11.2 Å². The van der Waals surface area contributed by atoms with Gasteiger partial charge in [-0.15, -0.1) is 0 Å². The summed E-state index contributed by atoms with van der Waals surface area (Å²) < 4.78 is 15.2. The van der Waals surface area contributed by atoms with E-state index < -0.39 is 0 Å². The number of hydrogen-bond acceptors (Lipinski definition) is 4. The van der Waals surface area contributed by atoms with Crippen molar-refractivity contribution in [3.8, 4) is 0 Å². The van der Waals surface area contributed by atoms with Gasteiger partial charge in [-0.1, -0.05) is 0 Å². The molecule has 11 heavy (non-hydrogen) atoms. The first-order valence-electron chi connectivity index (χ1n) is 3.24. The second-order valence-electron chi connectivity index (χ2n) is 2.01. The maximum atomic E-state index is 5.21. The SMILES string of the molecule is S=S=POCCOCC1CO1. The largest absolute Gasteiger partial charge is 0.376 e. The average molecular weight is 212 g/mol. The Morgan fingerprint density at radius 2 is 2.45 bits per heavy atom. The van der Waals surface area contributed by atoms with Crippen LogP contribution in [-0.4, -0.2) is 32.5 Å². The standard InChI is InChI=1S/C5H9O3PS2/c10-11-9-8-2-1-6-3-5-4-7-5/h5H,1-4H2. The van der Waals surface area contributed by atoms with Gasteiger partial charge in [0.2, 0.25) is 0 Å². The molecule has 1 rings (SSSR count). The molecular formula is C5H9O3PS2. The van der Waals surface area contributed by atoms with Crippen molar-refractivity contribution in [3.05, 3.63) is 0 Å². The number of rotatable bonds is 6. The van der Waals surface area contributed by atoms with Crippen LogP contribution in [0.25, 0.3) is 0 Å². The van der Waals surface area contributed by atoms with E-state index in [1.807, 2.05) is 0 Å². The number of hydrogen-bond donors (Lipinski definition) is 0. The van der Waals surface area contributed by atoms with Crippen molar-refractivity contribution < 1.29 is 14.0 Å². The van der Waals surface area contributed by atoms with E-state index >= 15 is 0 Å². The molecular weight excluding hydrogens is 203 g/mol. The molecule has 0 aliphatic carbocycles. The minimum atomic E-state index is 0.348. The van der Waals surface area contributed by atoms with Crippen LogP contribution in [0.5, 0.6) is 0 Å². The third-order valence-electron chi connectivity index (χ3n) is 1.11. The third kappa shape index (κ3) is 5.84. The van der Waals surface area contributed by atoms with Crippen LogP contribution >= 0.6 is 7.58 Å². The molecule has 0 bridgehead atoms. The fourth-order valence-corrected chi connectivity index (χ4v) is 1.47. The molecule has 0 radical (unpaired) electrons.